The van der Waals surface area contributed by atoms with E-state index in [-0.39, 0.29) is 11.9 Å². The van der Waals surface area contributed by atoms with Crippen LogP contribution >= 0.6 is 0 Å². The van der Waals surface area contributed by atoms with Crippen LogP contribution in [0.2, 0.25) is 0 Å². The van der Waals surface area contributed by atoms with Crippen molar-refractivity contribution in [1.29, 1.82) is 0 Å². The molecule has 2 fully saturated rings. The fourth-order valence-electron chi connectivity index (χ4n) is 2.94. The Morgan fingerprint density at radius 1 is 1.37 bits per heavy atom. The van der Waals surface area contributed by atoms with Gasteiger partial charge in [0.25, 0.3) is 0 Å². The van der Waals surface area contributed by atoms with E-state index >= 15 is 0 Å². The average Bonchev–Trinajstić information content (AvgIpc) is 2.86. The van der Waals surface area contributed by atoms with E-state index in [0.29, 0.717) is 6.54 Å². The van der Waals surface area contributed by atoms with Crippen LogP contribution < -0.4 is 5.32 Å². The fourth-order valence-corrected chi connectivity index (χ4v) is 2.94. The summed E-state index contributed by atoms with van der Waals surface area (Å²) in [7, 11) is 0. The molecule has 0 saturated carbocycles. The summed E-state index contributed by atoms with van der Waals surface area (Å²) in [6, 6.07) is -0.0175. The number of hydrogen-bond acceptors (Lipinski definition) is 4. The lowest BCUT2D eigenvalue weighted by Gasteiger charge is -2.35. The number of piperazine rings is 1. The Morgan fingerprint density at radius 3 is 2.68 bits per heavy atom. The van der Waals surface area contributed by atoms with E-state index in [1.165, 1.54) is 0 Å². The quantitative estimate of drug-likeness (QED) is 0.757. The SMILES string of the molecule is CCC(C)(O)CN1CCCC1C(=O)N1CCNCC1. The van der Waals surface area contributed by atoms with Gasteiger partial charge in [-0.3, -0.25) is 9.69 Å². The zero-order valence-corrected chi connectivity index (χ0v) is 12.2. The Hall–Kier alpha value is -0.650. The van der Waals surface area contributed by atoms with Gasteiger partial charge in [-0.2, -0.15) is 0 Å². The monoisotopic (exact) mass is 269 g/mol. The van der Waals surface area contributed by atoms with Gasteiger partial charge in [0.2, 0.25) is 5.91 Å². The van der Waals surface area contributed by atoms with Crippen molar-refractivity contribution in [3.8, 4) is 0 Å². The number of amides is 1. The summed E-state index contributed by atoms with van der Waals surface area (Å²) >= 11 is 0. The van der Waals surface area contributed by atoms with Gasteiger partial charge in [-0.1, -0.05) is 6.92 Å². The number of aliphatic hydroxyl groups is 1. The average molecular weight is 269 g/mol. The molecule has 2 N–H and O–H groups in total. The second kappa shape index (κ2) is 6.20. The first kappa shape index (κ1) is 14.8. The first-order valence-corrected chi connectivity index (χ1v) is 7.49. The van der Waals surface area contributed by atoms with Crippen LogP contribution in [-0.2, 0) is 4.79 Å². The van der Waals surface area contributed by atoms with Gasteiger partial charge >= 0.3 is 0 Å². The van der Waals surface area contributed by atoms with Crippen LogP contribution in [0.25, 0.3) is 0 Å². The number of nitrogens with zero attached hydrogens (tertiary/aromatic N) is 2. The first-order valence-electron chi connectivity index (χ1n) is 7.49. The van der Waals surface area contributed by atoms with Crippen molar-refractivity contribution in [2.24, 2.45) is 0 Å². The number of hydrogen-bond donors (Lipinski definition) is 2. The van der Waals surface area contributed by atoms with E-state index in [4.69, 9.17) is 0 Å². The van der Waals surface area contributed by atoms with Crippen molar-refractivity contribution in [3.63, 3.8) is 0 Å². The van der Waals surface area contributed by atoms with Crippen LogP contribution in [0.3, 0.4) is 0 Å². The number of likely N-dealkylation sites (tertiary alicyclic amines) is 1. The Bertz CT molecular complexity index is 314. The third-order valence-electron chi connectivity index (χ3n) is 4.38. The predicted molar refractivity (Wildman–Crippen MR) is 75.0 cm³/mol. The number of rotatable bonds is 4. The molecule has 0 radical (unpaired) electrons. The van der Waals surface area contributed by atoms with Gasteiger partial charge in [0.1, 0.15) is 0 Å². The number of carbonyl (C=O) groups is 1. The predicted octanol–water partition coefficient (Wildman–Crippen LogP) is 0.0436. The first-order chi connectivity index (χ1) is 9.03. The molecule has 2 atom stereocenters. The van der Waals surface area contributed by atoms with Crippen LogP contribution in [0.1, 0.15) is 33.1 Å². The minimum absolute atomic E-state index is 0.0175. The molecule has 0 bridgehead atoms. The molecule has 0 aromatic carbocycles. The standard InChI is InChI=1S/C14H27N3O2/c1-3-14(2,19)11-17-8-4-5-12(17)13(18)16-9-6-15-7-10-16/h12,15,19H,3-11H2,1-2H3. The Morgan fingerprint density at radius 2 is 2.05 bits per heavy atom. The molecule has 2 aliphatic rings. The second-order valence-electron chi connectivity index (χ2n) is 6.05. The van der Waals surface area contributed by atoms with Gasteiger partial charge in [-0.15, -0.1) is 0 Å². The molecule has 1 amide bonds. The van der Waals surface area contributed by atoms with Gasteiger partial charge in [-0.05, 0) is 32.7 Å². The van der Waals surface area contributed by atoms with Crippen molar-refractivity contribution in [2.75, 3.05) is 39.3 Å². The van der Waals surface area contributed by atoms with E-state index in [2.05, 4.69) is 10.2 Å². The molecule has 2 saturated heterocycles. The third kappa shape index (κ3) is 3.68. The Kier molecular flexibility index (Phi) is 4.81. The maximum atomic E-state index is 12.6. The van der Waals surface area contributed by atoms with Gasteiger partial charge in [-0.25, -0.2) is 0 Å². The normalized spacial score (nSPS) is 28.4. The molecule has 0 spiro atoms. The van der Waals surface area contributed by atoms with Crippen molar-refractivity contribution >= 4 is 5.91 Å². The van der Waals surface area contributed by atoms with Gasteiger partial charge in [0.15, 0.2) is 0 Å². The Labute approximate surface area is 115 Å². The fraction of sp³-hybridized carbons (Fsp3) is 0.929. The van der Waals surface area contributed by atoms with Crippen molar-refractivity contribution in [3.05, 3.63) is 0 Å². The van der Waals surface area contributed by atoms with E-state index < -0.39 is 5.60 Å². The maximum Gasteiger partial charge on any atom is 0.240 e. The number of carbonyl (C=O) groups excluding carboxylic acids is 1. The molecular weight excluding hydrogens is 242 g/mol. The summed E-state index contributed by atoms with van der Waals surface area (Å²) in [5.41, 5.74) is -0.688. The summed E-state index contributed by atoms with van der Waals surface area (Å²) in [4.78, 5) is 16.7. The van der Waals surface area contributed by atoms with Crippen LogP contribution in [0.4, 0.5) is 0 Å². The lowest BCUT2D eigenvalue weighted by atomic mass is 10.0. The summed E-state index contributed by atoms with van der Waals surface area (Å²) in [5, 5.41) is 13.5. The largest absolute Gasteiger partial charge is 0.389 e. The van der Waals surface area contributed by atoms with Gasteiger partial charge in [0, 0.05) is 32.7 Å². The van der Waals surface area contributed by atoms with E-state index in [0.717, 1.165) is 52.0 Å². The van der Waals surface area contributed by atoms with Crippen molar-refractivity contribution in [2.45, 2.75) is 44.8 Å². The summed E-state index contributed by atoms with van der Waals surface area (Å²) in [5.74, 6) is 0.255. The highest BCUT2D eigenvalue weighted by atomic mass is 16.3. The molecule has 5 nitrogen and oxygen atoms in total. The second-order valence-corrected chi connectivity index (χ2v) is 6.05. The minimum atomic E-state index is -0.688. The molecule has 2 aliphatic heterocycles. The molecule has 110 valence electrons. The lowest BCUT2D eigenvalue weighted by Crippen LogP contribution is -2.54. The van der Waals surface area contributed by atoms with Crippen LogP contribution in [-0.4, -0.2) is 71.7 Å². The molecule has 2 rings (SSSR count). The van der Waals surface area contributed by atoms with Gasteiger partial charge < -0.3 is 15.3 Å². The Balaban J connectivity index is 1.95. The molecule has 0 aliphatic carbocycles. The third-order valence-corrected chi connectivity index (χ3v) is 4.38. The van der Waals surface area contributed by atoms with E-state index in [1.54, 1.807) is 0 Å². The lowest BCUT2D eigenvalue weighted by molar-refractivity contribution is -0.137. The zero-order valence-electron chi connectivity index (χ0n) is 12.2. The van der Waals surface area contributed by atoms with E-state index in [9.17, 15) is 9.90 Å². The van der Waals surface area contributed by atoms with Crippen LogP contribution in [0.15, 0.2) is 0 Å². The maximum absolute atomic E-state index is 12.6. The molecule has 0 aromatic heterocycles. The molecule has 0 aromatic rings. The smallest absolute Gasteiger partial charge is 0.240 e. The molecule has 2 unspecified atom stereocenters. The van der Waals surface area contributed by atoms with Gasteiger partial charge in [0.05, 0.1) is 11.6 Å². The molecular formula is C14H27N3O2. The number of β-amino-alcohol motifs (C(OH)–C–C–N with tert-alkyl or cyclic N) is 1. The zero-order chi connectivity index (χ0) is 13.9. The summed E-state index contributed by atoms with van der Waals surface area (Å²) in [6.45, 7) is 8.79. The molecule has 19 heavy (non-hydrogen) atoms. The minimum Gasteiger partial charge on any atom is -0.389 e. The van der Waals surface area contributed by atoms with E-state index in [1.807, 2.05) is 18.7 Å². The highest BCUT2D eigenvalue weighted by molar-refractivity contribution is 5.82. The molecule has 5 heteroatoms. The summed E-state index contributed by atoms with van der Waals surface area (Å²) < 4.78 is 0. The number of nitrogens with one attached hydrogen (secondary N) is 1. The highest BCUT2D eigenvalue weighted by Crippen LogP contribution is 2.23. The van der Waals surface area contributed by atoms with Crippen molar-refractivity contribution < 1.29 is 9.90 Å². The highest BCUT2D eigenvalue weighted by Gasteiger charge is 2.36. The molecule has 2 heterocycles. The van der Waals surface area contributed by atoms with Crippen molar-refractivity contribution in [1.82, 2.24) is 15.1 Å². The van der Waals surface area contributed by atoms with Crippen LogP contribution in [0, 0.1) is 0 Å². The van der Waals surface area contributed by atoms with Crippen LogP contribution in [0.5, 0.6) is 0 Å². The summed E-state index contributed by atoms with van der Waals surface area (Å²) in [6.07, 6.45) is 2.71. The topological polar surface area (TPSA) is 55.8 Å².